The van der Waals surface area contributed by atoms with E-state index in [2.05, 4.69) is 5.10 Å². The fraction of sp³-hybridized carbons (Fsp3) is 0.667. The van der Waals surface area contributed by atoms with Gasteiger partial charge in [-0.05, 0) is 20.3 Å². The van der Waals surface area contributed by atoms with Crippen LogP contribution in [0.15, 0.2) is 12.4 Å². The van der Waals surface area contributed by atoms with Gasteiger partial charge in [0.15, 0.2) is 0 Å². The molecule has 0 fully saturated rings. The second-order valence-corrected chi connectivity index (χ2v) is 4.05. The molecule has 15 heavy (non-hydrogen) atoms. The van der Waals surface area contributed by atoms with Crippen LogP contribution in [0, 0.1) is 0 Å². The van der Waals surface area contributed by atoms with Gasteiger partial charge in [-0.2, -0.15) is 18.3 Å². The predicted octanol–water partition coefficient (Wildman–Crippen LogP) is 2.06. The summed E-state index contributed by atoms with van der Waals surface area (Å²) in [4.78, 5) is 0. The first-order valence-corrected chi connectivity index (χ1v) is 4.50. The fourth-order valence-electron chi connectivity index (χ4n) is 1.02. The Bertz CT molecular complexity index is 325. The number of hydrogen-bond donors (Lipinski definition) is 1. The van der Waals surface area contributed by atoms with Gasteiger partial charge < -0.3 is 5.11 Å². The van der Waals surface area contributed by atoms with E-state index in [4.69, 9.17) is 0 Å². The SMILES string of the molecule is CC(C)(O)CCn1cc(C(F)(F)F)cn1. The number of aryl methyl sites for hydroxylation is 1. The molecule has 0 saturated carbocycles. The van der Waals surface area contributed by atoms with Crippen LogP contribution in [-0.2, 0) is 12.7 Å². The molecule has 1 rings (SSSR count). The Hall–Kier alpha value is -1.04. The second kappa shape index (κ2) is 3.84. The molecule has 0 atom stereocenters. The van der Waals surface area contributed by atoms with Crippen molar-refractivity contribution < 1.29 is 18.3 Å². The first-order chi connectivity index (χ1) is 6.68. The maximum absolute atomic E-state index is 12.2. The molecule has 1 aromatic rings. The molecule has 0 radical (unpaired) electrons. The van der Waals surface area contributed by atoms with Gasteiger partial charge in [0.05, 0.1) is 17.4 Å². The Kier molecular flexibility index (Phi) is 3.08. The summed E-state index contributed by atoms with van der Waals surface area (Å²) in [7, 11) is 0. The van der Waals surface area contributed by atoms with E-state index in [0.29, 0.717) is 6.42 Å². The van der Waals surface area contributed by atoms with Crippen molar-refractivity contribution in [3.63, 3.8) is 0 Å². The van der Waals surface area contributed by atoms with Gasteiger partial charge in [0.1, 0.15) is 0 Å². The molecule has 0 saturated heterocycles. The highest BCUT2D eigenvalue weighted by atomic mass is 19.4. The van der Waals surface area contributed by atoms with E-state index in [9.17, 15) is 18.3 Å². The Morgan fingerprint density at radius 2 is 2.00 bits per heavy atom. The van der Waals surface area contributed by atoms with Gasteiger partial charge in [-0.3, -0.25) is 4.68 Å². The first-order valence-electron chi connectivity index (χ1n) is 4.50. The molecule has 1 aromatic heterocycles. The van der Waals surface area contributed by atoms with E-state index in [0.717, 1.165) is 12.4 Å². The number of aromatic nitrogens is 2. The van der Waals surface area contributed by atoms with Crippen LogP contribution in [0.1, 0.15) is 25.8 Å². The van der Waals surface area contributed by atoms with Gasteiger partial charge >= 0.3 is 6.18 Å². The highest BCUT2D eigenvalue weighted by Crippen LogP contribution is 2.28. The summed E-state index contributed by atoms with van der Waals surface area (Å²) < 4.78 is 37.7. The Labute approximate surface area is 85.5 Å². The number of aliphatic hydroxyl groups is 1. The monoisotopic (exact) mass is 222 g/mol. The maximum Gasteiger partial charge on any atom is 0.419 e. The van der Waals surface area contributed by atoms with E-state index in [1.807, 2.05) is 0 Å². The van der Waals surface area contributed by atoms with E-state index < -0.39 is 17.3 Å². The van der Waals surface area contributed by atoms with Gasteiger partial charge in [0.25, 0.3) is 0 Å². The zero-order valence-corrected chi connectivity index (χ0v) is 8.54. The average molecular weight is 222 g/mol. The van der Waals surface area contributed by atoms with Crippen molar-refractivity contribution in [1.29, 1.82) is 0 Å². The van der Waals surface area contributed by atoms with Gasteiger partial charge in [0, 0.05) is 12.7 Å². The molecule has 6 heteroatoms. The van der Waals surface area contributed by atoms with Crippen molar-refractivity contribution in [2.45, 2.75) is 38.6 Å². The summed E-state index contributed by atoms with van der Waals surface area (Å²) in [5.74, 6) is 0. The lowest BCUT2D eigenvalue weighted by Crippen LogP contribution is -2.21. The molecule has 0 aliphatic heterocycles. The molecule has 0 aliphatic carbocycles. The Morgan fingerprint density at radius 3 is 2.40 bits per heavy atom. The highest BCUT2D eigenvalue weighted by Gasteiger charge is 2.32. The third kappa shape index (κ3) is 3.91. The summed E-state index contributed by atoms with van der Waals surface area (Å²) in [5, 5.41) is 13.0. The van der Waals surface area contributed by atoms with Gasteiger partial charge in [0.2, 0.25) is 0 Å². The number of hydrogen-bond acceptors (Lipinski definition) is 2. The Balaban J connectivity index is 2.62. The van der Waals surface area contributed by atoms with Crippen LogP contribution in [0.25, 0.3) is 0 Å². The molecule has 1 heterocycles. The average Bonchev–Trinajstić information content (AvgIpc) is 2.45. The van der Waals surface area contributed by atoms with Crippen molar-refractivity contribution in [1.82, 2.24) is 9.78 Å². The van der Waals surface area contributed by atoms with Crippen LogP contribution in [0.5, 0.6) is 0 Å². The van der Waals surface area contributed by atoms with Crippen LogP contribution < -0.4 is 0 Å². The summed E-state index contributed by atoms with van der Waals surface area (Å²) in [6, 6.07) is 0. The molecule has 0 spiro atoms. The van der Waals surface area contributed by atoms with Gasteiger partial charge in [-0.1, -0.05) is 0 Å². The largest absolute Gasteiger partial charge is 0.419 e. The van der Waals surface area contributed by atoms with Crippen molar-refractivity contribution in [3.05, 3.63) is 18.0 Å². The molecule has 0 bridgehead atoms. The van der Waals surface area contributed by atoms with E-state index >= 15 is 0 Å². The van der Waals surface area contributed by atoms with Crippen molar-refractivity contribution in [2.24, 2.45) is 0 Å². The van der Waals surface area contributed by atoms with Crippen LogP contribution in [0.2, 0.25) is 0 Å². The quantitative estimate of drug-likeness (QED) is 0.850. The molecular weight excluding hydrogens is 209 g/mol. The number of alkyl halides is 3. The third-order valence-electron chi connectivity index (χ3n) is 1.91. The summed E-state index contributed by atoms with van der Waals surface area (Å²) in [5.41, 5.74) is -1.66. The smallest absolute Gasteiger partial charge is 0.390 e. The fourth-order valence-corrected chi connectivity index (χ4v) is 1.02. The number of halogens is 3. The zero-order valence-electron chi connectivity index (χ0n) is 8.54. The Morgan fingerprint density at radius 1 is 1.40 bits per heavy atom. The second-order valence-electron chi connectivity index (χ2n) is 4.05. The normalized spacial score (nSPS) is 13.2. The van der Waals surface area contributed by atoms with Crippen LogP contribution in [-0.4, -0.2) is 20.5 Å². The zero-order chi connectivity index (χ0) is 11.7. The van der Waals surface area contributed by atoms with E-state index in [-0.39, 0.29) is 6.54 Å². The third-order valence-corrected chi connectivity index (χ3v) is 1.91. The minimum Gasteiger partial charge on any atom is -0.390 e. The lowest BCUT2D eigenvalue weighted by atomic mass is 10.1. The molecule has 3 nitrogen and oxygen atoms in total. The summed E-state index contributed by atoms with van der Waals surface area (Å²) in [6.45, 7) is 3.46. The number of nitrogens with zero attached hydrogens (tertiary/aromatic N) is 2. The van der Waals surface area contributed by atoms with Crippen molar-refractivity contribution >= 4 is 0 Å². The molecule has 0 amide bonds. The topological polar surface area (TPSA) is 38.0 Å². The molecule has 0 aliphatic rings. The van der Waals surface area contributed by atoms with E-state index in [1.54, 1.807) is 13.8 Å². The number of rotatable bonds is 3. The minimum atomic E-state index is -4.35. The van der Waals surface area contributed by atoms with E-state index in [1.165, 1.54) is 4.68 Å². The van der Waals surface area contributed by atoms with Gasteiger partial charge in [-0.25, -0.2) is 0 Å². The van der Waals surface area contributed by atoms with Crippen molar-refractivity contribution in [2.75, 3.05) is 0 Å². The molecule has 0 aromatic carbocycles. The minimum absolute atomic E-state index is 0.263. The molecule has 86 valence electrons. The lowest BCUT2D eigenvalue weighted by Gasteiger charge is -2.16. The van der Waals surface area contributed by atoms with Crippen LogP contribution in [0.4, 0.5) is 13.2 Å². The lowest BCUT2D eigenvalue weighted by molar-refractivity contribution is -0.137. The van der Waals surface area contributed by atoms with Crippen LogP contribution in [0.3, 0.4) is 0 Å². The van der Waals surface area contributed by atoms with Crippen molar-refractivity contribution in [3.8, 4) is 0 Å². The highest BCUT2D eigenvalue weighted by molar-refractivity contribution is 5.08. The maximum atomic E-state index is 12.2. The van der Waals surface area contributed by atoms with Gasteiger partial charge in [-0.15, -0.1) is 0 Å². The van der Waals surface area contributed by atoms with Crippen LogP contribution >= 0.6 is 0 Å². The standard InChI is InChI=1S/C9H13F3N2O/c1-8(2,15)3-4-14-6-7(5-13-14)9(10,11)12/h5-6,15H,3-4H2,1-2H3. The summed E-state index contributed by atoms with van der Waals surface area (Å²) in [6.07, 6.45) is -2.28. The first kappa shape index (κ1) is 12.0. The molecule has 0 unspecified atom stereocenters. The molecule has 1 N–H and O–H groups in total. The summed E-state index contributed by atoms with van der Waals surface area (Å²) >= 11 is 0. The predicted molar refractivity (Wildman–Crippen MR) is 48.1 cm³/mol. The molecular formula is C9H13F3N2O.